The molecule has 1 heterocycles. The maximum absolute atomic E-state index is 14.4. The number of oxime groups is 1. The van der Waals surface area contributed by atoms with Gasteiger partial charge in [-0.25, -0.2) is 9.18 Å². The molecule has 0 bridgehead atoms. The van der Waals surface area contributed by atoms with E-state index in [1.165, 1.54) is 6.07 Å². The van der Waals surface area contributed by atoms with E-state index in [-0.39, 0.29) is 17.9 Å². The van der Waals surface area contributed by atoms with Crippen LogP contribution in [0.4, 0.5) is 4.39 Å². The zero-order valence-corrected chi connectivity index (χ0v) is 14.3. The van der Waals surface area contributed by atoms with E-state index in [0.29, 0.717) is 28.5 Å². The number of ether oxygens (including phenoxy) is 2. The molecule has 0 fully saturated rings. The van der Waals surface area contributed by atoms with Crippen molar-refractivity contribution in [1.82, 2.24) is 0 Å². The van der Waals surface area contributed by atoms with Gasteiger partial charge in [-0.2, -0.15) is 0 Å². The van der Waals surface area contributed by atoms with Crippen LogP contribution in [-0.4, -0.2) is 34.9 Å². The van der Waals surface area contributed by atoms with Crippen molar-refractivity contribution in [3.8, 4) is 0 Å². The van der Waals surface area contributed by atoms with Crippen molar-refractivity contribution in [3.63, 3.8) is 0 Å². The molecule has 8 heteroatoms. The first kappa shape index (κ1) is 16.9. The predicted molar refractivity (Wildman–Crippen MR) is 85.0 cm³/mol. The number of methoxy groups -OCH3 is 1. The first-order valence-electron chi connectivity index (χ1n) is 7.29. The lowest BCUT2D eigenvalue weighted by Crippen LogP contribution is -2.46. The topological polar surface area (TPSA) is 88.4 Å². The van der Waals surface area contributed by atoms with Crippen LogP contribution in [0.3, 0.4) is 0 Å². The maximum Gasteiger partial charge on any atom is 0.379 e. The van der Waals surface area contributed by atoms with Crippen LogP contribution in [-0.2, 0) is 14.3 Å². The summed E-state index contributed by atoms with van der Waals surface area (Å²) in [6.45, 7) is 0. The lowest BCUT2D eigenvalue weighted by molar-refractivity contribution is -0.218. The highest BCUT2D eigenvalue weighted by Crippen LogP contribution is 2.48. The molecule has 0 unspecified atom stereocenters. The molecular weight excluding hydrogens is 385 g/mol. The monoisotopic (exact) mass is 399 g/mol. The Morgan fingerprint density at radius 3 is 2.88 bits per heavy atom. The van der Waals surface area contributed by atoms with E-state index in [2.05, 4.69) is 25.8 Å². The summed E-state index contributed by atoms with van der Waals surface area (Å²) in [6.07, 6.45) is 0.662. The molecule has 0 saturated carbocycles. The second-order valence-electron chi connectivity index (χ2n) is 5.67. The minimum Gasteiger partial charge on any atom is -0.464 e. The van der Waals surface area contributed by atoms with Crippen molar-refractivity contribution < 1.29 is 29.0 Å². The number of benzene rings is 1. The van der Waals surface area contributed by atoms with Gasteiger partial charge in [0.2, 0.25) is 0 Å². The molecule has 0 spiro atoms. The van der Waals surface area contributed by atoms with Crippen LogP contribution < -0.4 is 0 Å². The van der Waals surface area contributed by atoms with Gasteiger partial charge in [0.1, 0.15) is 17.3 Å². The van der Waals surface area contributed by atoms with Crippen LogP contribution in [0.2, 0.25) is 0 Å². The second kappa shape index (κ2) is 6.18. The quantitative estimate of drug-likeness (QED) is 0.453. The van der Waals surface area contributed by atoms with E-state index in [0.717, 1.165) is 7.11 Å². The number of nitrogens with zero attached hydrogens (tertiary/aromatic N) is 1. The molecule has 3 rings (SSSR count). The number of carbonyl (C=O) groups excluding carboxylic acids is 1. The van der Waals surface area contributed by atoms with E-state index in [9.17, 15) is 14.3 Å². The molecule has 0 amide bonds. The number of halogens is 2. The summed E-state index contributed by atoms with van der Waals surface area (Å²) in [6, 6.07) is 4.55. The summed E-state index contributed by atoms with van der Waals surface area (Å²) in [5.41, 5.74) is 1.21. The molecule has 24 heavy (non-hydrogen) atoms. The predicted octanol–water partition coefficient (Wildman–Crippen LogP) is 2.83. The van der Waals surface area contributed by atoms with Gasteiger partial charge in [-0.1, -0.05) is 27.2 Å². The molecule has 6 nitrogen and oxygen atoms in total. The van der Waals surface area contributed by atoms with E-state index in [1.807, 2.05) is 0 Å². The Labute approximate surface area is 145 Å². The van der Waals surface area contributed by atoms with Gasteiger partial charge >= 0.3 is 11.8 Å². The molecule has 2 N–H and O–H groups in total. The minimum absolute atomic E-state index is 0.122. The smallest absolute Gasteiger partial charge is 0.379 e. The average Bonchev–Trinajstić information content (AvgIpc) is 2.96. The SMILES string of the molecule is COC(=O)[C@@]1(O)C[C@@H](c2c(F)cccc2Br)C2=C(O1)/C(=N/O)CC2. The molecule has 1 aromatic carbocycles. The summed E-state index contributed by atoms with van der Waals surface area (Å²) in [5.74, 6) is -4.23. The minimum atomic E-state index is -2.28. The number of rotatable bonds is 2. The van der Waals surface area contributed by atoms with Crippen molar-refractivity contribution in [2.75, 3.05) is 7.11 Å². The van der Waals surface area contributed by atoms with Gasteiger partial charge in [0.05, 0.1) is 7.11 Å². The van der Waals surface area contributed by atoms with Gasteiger partial charge in [-0.15, -0.1) is 0 Å². The summed E-state index contributed by atoms with van der Waals surface area (Å²) in [4.78, 5) is 12.0. The number of carbonyl (C=O) groups is 1. The third-order valence-corrected chi connectivity index (χ3v) is 5.02. The van der Waals surface area contributed by atoms with Gasteiger partial charge in [-0.3, -0.25) is 0 Å². The summed E-state index contributed by atoms with van der Waals surface area (Å²) >= 11 is 3.32. The van der Waals surface area contributed by atoms with Crippen molar-refractivity contribution in [3.05, 3.63) is 45.4 Å². The molecule has 1 aromatic rings. The van der Waals surface area contributed by atoms with E-state index in [4.69, 9.17) is 9.94 Å². The largest absolute Gasteiger partial charge is 0.464 e. The number of hydrogen-bond acceptors (Lipinski definition) is 6. The second-order valence-corrected chi connectivity index (χ2v) is 6.53. The van der Waals surface area contributed by atoms with Gasteiger partial charge < -0.3 is 19.8 Å². The molecule has 2 aliphatic rings. The summed E-state index contributed by atoms with van der Waals surface area (Å²) in [5, 5.41) is 22.9. The van der Waals surface area contributed by atoms with Crippen LogP contribution in [0, 0.1) is 5.82 Å². The van der Waals surface area contributed by atoms with Crippen LogP contribution in [0.1, 0.15) is 30.7 Å². The Balaban J connectivity index is 2.17. The lowest BCUT2D eigenvalue weighted by atomic mass is 9.82. The summed E-state index contributed by atoms with van der Waals surface area (Å²) < 4.78 is 25.0. The van der Waals surface area contributed by atoms with Gasteiger partial charge in [0.15, 0.2) is 0 Å². The zero-order valence-electron chi connectivity index (χ0n) is 12.8. The van der Waals surface area contributed by atoms with Crippen molar-refractivity contribution in [1.29, 1.82) is 0 Å². The van der Waals surface area contributed by atoms with E-state index in [1.54, 1.807) is 12.1 Å². The standard InChI is InChI=1S/C16H15BrFNO5/c1-23-15(20)16(21)7-9(13-10(17)3-2-4-11(13)18)8-5-6-12(19-22)14(8)24-16/h2-4,9,21-22H,5-7H2,1H3/b19-12+/t9-,16-/m1/s1. The molecule has 0 radical (unpaired) electrons. The van der Waals surface area contributed by atoms with Crippen molar-refractivity contribution >= 4 is 27.6 Å². The highest BCUT2D eigenvalue weighted by Gasteiger charge is 2.51. The number of esters is 1. The third kappa shape index (κ3) is 2.59. The Hall–Kier alpha value is -1.93. The third-order valence-electron chi connectivity index (χ3n) is 4.33. The molecule has 128 valence electrons. The summed E-state index contributed by atoms with van der Waals surface area (Å²) in [7, 11) is 1.12. The van der Waals surface area contributed by atoms with Crippen LogP contribution in [0.25, 0.3) is 0 Å². The molecule has 0 saturated heterocycles. The van der Waals surface area contributed by atoms with Gasteiger partial charge in [-0.05, 0) is 24.1 Å². The maximum atomic E-state index is 14.4. The first-order chi connectivity index (χ1) is 11.4. The lowest BCUT2D eigenvalue weighted by Gasteiger charge is -2.36. The molecule has 0 aromatic heterocycles. The highest BCUT2D eigenvalue weighted by molar-refractivity contribution is 9.10. The number of aliphatic hydroxyl groups is 1. The molecule has 1 aliphatic heterocycles. The normalized spacial score (nSPS) is 27.8. The van der Waals surface area contributed by atoms with E-state index >= 15 is 0 Å². The van der Waals surface area contributed by atoms with Crippen molar-refractivity contribution in [2.45, 2.75) is 31.0 Å². The van der Waals surface area contributed by atoms with Crippen LogP contribution >= 0.6 is 15.9 Å². The van der Waals surface area contributed by atoms with Crippen LogP contribution in [0.5, 0.6) is 0 Å². The molecule has 2 atom stereocenters. The molecular formula is C16H15BrFNO5. The van der Waals surface area contributed by atoms with E-state index < -0.39 is 23.5 Å². The zero-order chi connectivity index (χ0) is 17.5. The molecule has 1 aliphatic carbocycles. The van der Waals surface area contributed by atoms with Gasteiger partial charge in [0.25, 0.3) is 0 Å². The fourth-order valence-electron chi connectivity index (χ4n) is 3.23. The number of hydrogen-bond donors (Lipinski definition) is 2. The highest BCUT2D eigenvalue weighted by atomic mass is 79.9. The Bertz CT molecular complexity index is 743. The Morgan fingerprint density at radius 2 is 2.25 bits per heavy atom. The van der Waals surface area contributed by atoms with Gasteiger partial charge in [0, 0.05) is 28.8 Å². The van der Waals surface area contributed by atoms with Crippen molar-refractivity contribution in [2.24, 2.45) is 5.16 Å². The fourth-order valence-corrected chi connectivity index (χ4v) is 3.85. The Morgan fingerprint density at radius 1 is 1.50 bits per heavy atom. The fraction of sp³-hybridized carbons (Fsp3) is 0.375. The first-order valence-corrected chi connectivity index (χ1v) is 8.08. The Kier molecular flexibility index (Phi) is 4.35. The van der Waals surface area contributed by atoms with Crippen LogP contribution in [0.15, 0.2) is 39.2 Å². The number of allylic oxidation sites excluding steroid dienone is 2. The average molecular weight is 400 g/mol.